The summed E-state index contributed by atoms with van der Waals surface area (Å²) in [6.07, 6.45) is 2.22. The summed E-state index contributed by atoms with van der Waals surface area (Å²) < 4.78 is 11.0. The maximum atomic E-state index is 12.2. The van der Waals surface area contributed by atoms with Crippen LogP contribution in [0.5, 0.6) is 11.5 Å². The molecule has 3 amide bonds. The standard InChI is InChI=1S/C26H24Cl2N4O5/c1-2-10-36-22-8-6-20(7-9-22)31-25(34)26(35)32-29-15-17-4-3-5-23(11-17)37-16-24(33)30-21-13-18(27)12-19(28)14-21/h3-9,11-15H,2,10,16H2,1H3,(H,30,33)(H,31,34)(H,32,35)/b29-15-. The number of anilines is 2. The minimum atomic E-state index is -0.937. The Kier molecular flexibility index (Phi) is 10.3. The van der Waals surface area contributed by atoms with E-state index in [1.165, 1.54) is 6.21 Å². The topological polar surface area (TPSA) is 118 Å². The lowest BCUT2D eigenvalue weighted by Gasteiger charge is -2.09. The summed E-state index contributed by atoms with van der Waals surface area (Å²) in [4.78, 5) is 36.3. The highest BCUT2D eigenvalue weighted by atomic mass is 35.5. The predicted octanol–water partition coefficient (Wildman–Crippen LogP) is 4.89. The van der Waals surface area contributed by atoms with Crippen molar-refractivity contribution in [3.8, 4) is 11.5 Å². The van der Waals surface area contributed by atoms with Crippen molar-refractivity contribution in [2.45, 2.75) is 13.3 Å². The number of rotatable bonds is 10. The van der Waals surface area contributed by atoms with Gasteiger partial charge >= 0.3 is 11.8 Å². The van der Waals surface area contributed by atoms with E-state index in [1.54, 1.807) is 66.7 Å². The molecule has 3 rings (SSSR count). The van der Waals surface area contributed by atoms with Crippen LogP contribution in [0.2, 0.25) is 10.0 Å². The van der Waals surface area contributed by atoms with Crippen LogP contribution in [0.1, 0.15) is 18.9 Å². The van der Waals surface area contributed by atoms with Crippen LogP contribution in [0.3, 0.4) is 0 Å². The first-order chi connectivity index (χ1) is 17.8. The van der Waals surface area contributed by atoms with Crippen molar-refractivity contribution in [2.24, 2.45) is 5.10 Å². The number of halogens is 2. The Bertz CT molecular complexity index is 1260. The molecule has 0 unspecified atom stereocenters. The summed E-state index contributed by atoms with van der Waals surface area (Å²) in [5, 5.41) is 9.71. The van der Waals surface area contributed by atoms with Gasteiger partial charge in [-0.1, -0.05) is 42.3 Å². The van der Waals surface area contributed by atoms with E-state index in [0.29, 0.717) is 45.1 Å². The van der Waals surface area contributed by atoms with E-state index < -0.39 is 17.7 Å². The average molecular weight is 543 g/mol. The van der Waals surface area contributed by atoms with Gasteiger partial charge in [0.1, 0.15) is 11.5 Å². The van der Waals surface area contributed by atoms with Crippen LogP contribution in [0.25, 0.3) is 0 Å². The second kappa shape index (κ2) is 13.9. The molecule has 0 aliphatic heterocycles. The van der Waals surface area contributed by atoms with E-state index in [-0.39, 0.29) is 6.61 Å². The van der Waals surface area contributed by atoms with Gasteiger partial charge in [0.2, 0.25) is 0 Å². The molecule has 0 bridgehead atoms. The molecule has 3 aromatic carbocycles. The molecule has 37 heavy (non-hydrogen) atoms. The van der Waals surface area contributed by atoms with E-state index in [2.05, 4.69) is 21.2 Å². The van der Waals surface area contributed by atoms with Crippen LogP contribution >= 0.6 is 23.2 Å². The second-order valence-electron chi connectivity index (χ2n) is 7.59. The highest BCUT2D eigenvalue weighted by Gasteiger charge is 2.13. The van der Waals surface area contributed by atoms with Gasteiger partial charge in [-0.05, 0) is 66.6 Å². The fourth-order valence-electron chi connectivity index (χ4n) is 2.92. The molecule has 192 valence electrons. The average Bonchev–Trinajstić information content (AvgIpc) is 2.86. The van der Waals surface area contributed by atoms with Crippen molar-refractivity contribution in [3.63, 3.8) is 0 Å². The zero-order valence-corrected chi connectivity index (χ0v) is 21.3. The molecule has 3 aromatic rings. The molecule has 0 saturated carbocycles. The number of amides is 3. The van der Waals surface area contributed by atoms with Gasteiger partial charge < -0.3 is 20.1 Å². The van der Waals surface area contributed by atoms with E-state index in [4.69, 9.17) is 32.7 Å². The van der Waals surface area contributed by atoms with Gasteiger partial charge in [-0.15, -0.1) is 0 Å². The molecule has 11 heteroatoms. The number of nitrogens with one attached hydrogen (secondary N) is 3. The number of ether oxygens (including phenoxy) is 2. The number of nitrogens with zero attached hydrogens (tertiary/aromatic N) is 1. The lowest BCUT2D eigenvalue weighted by molar-refractivity contribution is -0.136. The van der Waals surface area contributed by atoms with E-state index in [9.17, 15) is 14.4 Å². The first-order valence-electron chi connectivity index (χ1n) is 11.2. The molecule has 0 atom stereocenters. The van der Waals surface area contributed by atoms with Gasteiger partial charge in [0.25, 0.3) is 5.91 Å². The molecule has 9 nitrogen and oxygen atoms in total. The molecule has 3 N–H and O–H groups in total. The first-order valence-corrected chi connectivity index (χ1v) is 11.9. The summed E-state index contributed by atoms with van der Waals surface area (Å²) in [6, 6.07) is 18.0. The maximum absolute atomic E-state index is 12.2. The van der Waals surface area contributed by atoms with Crippen LogP contribution in [-0.2, 0) is 14.4 Å². The number of carbonyl (C=O) groups is 3. The summed E-state index contributed by atoms with van der Waals surface area (Å²) in [5.74, 6) is -1.14. The largest absolute Gasteiger partial charge is 0.494 e. The molecule has 0 fully saturated rings. The lowest BCUT2D eigenvalue weighted by Crippen LogP contribution is -2.32. The van der Waals surface area contributed by atoms with Crippen LogP contribution < -0.4 is 25.5 Å². The molecule has 0 radical (unpaired) electrons. The highest BCUT2D eigenvalue weighted by molar-refractivity contribution is 6.39. The quantitative estimate of drug-likeness (QED) is 0.191. The fourth-order valence-corrected chi connectivity index (χ4v) is 3.44. The molecule has 0 aromatic heterocycles. The summed E-state index contributed by atoms with van der Waals surface area (Å²) in [5.41, 5.74) is 3.63. The third-order valence-corrected chi connectivity index (χ3v) is 4.98. The number of hydrazone groups is 1. The number of benzene rings is 3. The maximum Gasteiger partial charge on any atom is 0.329 e. The van der Waals surface area contributed by atoms with E-state index in [0.717, 1.165) is 6.42 Å². The Balaban J connectivity index is 1.46. The van der Waals surface area contributed by atoms with Crippen molar-refractivity contribution in [1.82, 2.24) is 5.43 Å². The molecular formula is C26H24Cl2N4O5. The number of hydrogen-bond donors (Lipinski definition) is 3. The second-order valence-corrected chi connectivity index (χ2v) is 8.47. The summed E-state index contributed by atoms with van der Waals surface area (Å²) in [7, 11) is 0. The Morgan fingerprint density at radius 3 is 2.27 bits per heavy atom. The van der Waals surface area contributed by atoms with Crippen LogP contribution in [0, 0.1) is 0 Å². The fraction of sp³-hybridized carbons (Fsp3) is 0.154. The molecule has 0 heterocycles. The monoisotopic (exact) mass is 542 g/mol. The van der Waals surface area contributed by atoms with Gasteiger partial charge in [-0.3, -0.25) is 14.4 Å². The zero-order chi connectivity index (χ0) is 26.6. The lowest BCUT2D eigenvalue weighted by atomic mass is 10.2. The van der Waals surface area contributed by atoms with Crippen LogP contribution in [0.4, 0.5) is 11.4 Å². The molecular weight excluding hydrogens is 519 g/mol. The minimum absolute atomic E-state index is 0.257. The van der Waals surface area contributed by atoms with Crippen molar-refractivity contribution in [3.05, 3.63) is 82.3 Å². The van der Waals surface area contributed by atoms with Crippen LogP contribution in [0.15, 0.2) is 71.8 Å². The van der Waals surface area contributed by atoms with Gasteiger partial charge in [0.05, 0.1) is 12.8 Å². The third kappa shape index (κ3) is 9.47. The normalized spacial score (nSPS) is 10.6. The summed E-state index contributed by atoms with van der Waals surface area (Å²) in [6.45, 7) is 2.34. The Morgan fingerprint density at radius 2 is 1.57 bits per heavy atom. The molecule has 0 spiro atoms. The molecule has 0 aliphatic carbocycles. The smallest absolute Gasteiger partial charge is 0.329 e. The Labute approximate surface area is 223 Å². The number of carbonyl (C=O) groups excluding carboxylic acids is 3. The van der Waals surface area contributed by atoms with Gasteiger partial charge in [0, 0.05) is 21.4 Å². The molecule has 0 aliphatic rings. The van der Waals surface area contributed by atoms with Crippen molar-refractivity contribution < 1.29 is 23.9 Å². The van der Waals surface area contributed by atoms with E-state index >= 15 is 0 Å². The zero-order valence-electron chi connectivity index (χ0n) is 19.8. The van der Waals surface area contributed by atoms with Crippen molar-refractivity contribution in [1.29, 1.82) is 0 Å². The van der Waals surface area contributed by atoms with E-state index in [1.807, 2.05) is 6.92 Å². The highest BCUT2D eigenvalue weighted by Crippen LogP contribution is 2.22. The third-order valence-electron chi connectivity index (χ3n) is 4.55. The minimum Gasteiger partial charge on any atom is -0.494 e. The van der Waals surface area contributed by atoms with Gasteiger partial charge in [-0.2, -0.15) is 5.10 Å². The van der Waals surface area contributed by atoms with Crippen molar-refractivity contribution in [2.75, 3.05) is 23.8 Å². The first kappa shape index (κ1) is 27.5. The Morgan fingerprint density at radius 1 is 0.838 bits per heavy atom. The Hall–Kier alpha value is -4.08. The van der Waals surface area contributed by atoms with Crippen molar-refractivity contribution >= 4 is 58.5 Å². The van der Waals surface area contributed by atoms with Crippen LogP contribution in [-0.4, -0.2) is 37.1 Å². The number of hydrogen-bond acceptors (Lipinski definition) is 6. The predicted molar refractivity (Wildman–Crippen MR) is 144 cm³/mol. The van der Waals surface area contributed by atoms with Gasteiger partial charge in [0.15, 0.2) is 6.61 Å². The summed E-state index contributed by atoms with van der Waals surface area (Å²) >= 11 is 11.9. The van der Waals surface area contributed by atoms with Gasteiger partial charge in [-0.25, -0.2) is 5.43 Å². The molecule has 0 saturated heterocycles. The SMILES string of the molecule is CCCOc1ccc(NC(=O)C(=O)N/N=C\c2cccc(OCC(=O)Nc3cc(Cl)cc(Cl)c3)c2)cc1.